The summed E-state index contributed by atoms with van der Waals surface area (Å²) < 4.78 is 28.7. The summed E-state index contributed by atoms with van der Waals surface area (Å²) in [6.07, 6.45) is 0.789. The molecule has 0 heterocycles. The summed E-state index contributed by atoms with van der Waals surface area (Å²) in [5, 5.41) is 3.19. The molecule has 0 aliphatic rings. The van der Waals surface area contributed by atoms with E-state index in [9.17, 15) is 8.42 Å². The lowest BCUT2D eigenvalue weighted by molar-refractivity contribution is 0.459. The molecule has 0 amide bonds. The highest BCUT2D eigenvalue weighted by molar-refractivity contribution is 7.90. The second kappa shape index (κ2) is 8.36. The van der Waals surface area contributed by atoms with Crippen molar-refractivity contribution in [1.82, 2.24) is 9.62 Å². The highest BCUT2D eigenvalue weighted by Gasteiger charge is 2.19. The molecule has 0 aliphatic carbocycles. The van der Waals surface area contributed by atoms with Crippen LogP contribution in [-0.2, 0) is 10.2 Å². The monoisotopic (exact) mass is 313 g/mol. The molecular formula is C15H27N3O2S. The van der Waals surface area contributed by atoms with Gasteiger partial charge < -0.3 is 5.32 Å². The minimum absolute atomic E-state index is 0.267. The molecule has 1 rings (SSSR count). The maximum Gasteiger partial charge on any atom is 0.301 e. The van der Waals surface area contributed by atoms with Crippen molar-refractivity contribution in [1.29, 1.82) is 0 Å². The first-order valence-electron chi connectivity index (χ1n) is 7.42. The molecule has 1 aromatic carbocycles. The predicted octanol–water partition coefficient (Wildman–Crippen LogP) is 2.40. The fraction of sp³-hybridized carbons (Fsp3) is 0.600. The number of hydrogen-bond acceptors (Lipinski definition) is 3. The lowest BCUT2D eigenvalue weighted by Crippen LogP contribution is -2.34. The van der Waals surface area contributed by atoms with E-state index in [1.54, 1.807) is 13.1 Å². The van der Waals surface area contributed by atoms with Crippen molar-refractivity contribution < 1.29 is 8.42 Å². The van der Waals surface area contributed by atoms with E-state index in [1.165, 1.54) is 4.31 Å². The number of para-hydroxylation sites is 1. The maximum absolute atomic E-state index is 12.3. The van der Waals surface area contributed by atoms with Gasteiger partial charge in [0.2, 0.25) is 0 Å². The van der Waals surface area contributed by atoms with Crippen LogP contribution in [0.2, 0.25) is 0 Å². The van der Waals surface area contributed by atoms with Crippen molar-refractivity contribution in [2.75, 3.05) is 31.4 Å². The number of nitrogens with one attached hydrogen (secondary N) is 2. The van der Waals surface area contributed by atoms with Crippen LogP contribution in [-0.4, -0.2) is 39.4 Å². The number of nitrogens with zero attached hydrogens (tertiary/aromatic N) is 1. The summed E-state index contributed by atoms with van der Waals surface area (Å²) in [5.74, 6) is 0.267. The SMILES string of the molecule is CCNCCCN(C)S(=O)(=O)Nc1ccccc1C(C)C. The molecule has 0 fully saturated rings. The Labute approximate surface area is 128 Å². The molecule has 0 aromatic heterocycles. The molecule has 0 bridgehead atoms. The molecular weight excluding hydrogens is 286 g/mol. The zero-order chi connectivity index (χ0) is 15.9. The largest absolute Gasteiger partial charge is 0.317 e. The summed E-state index contributed by atoms with van der Waals surface area (Å²) in [4.78, 5) is 0. The molecule has 120 valence electrons. The Bertz CT molecular complexity index is 529. The van der Waals surface area contributed by atoms with E-state index < -0.39 is 10.2 Å². The van der Waals surface area contributed by atoms with Crippen molar-refractivity contribution in [3.8, 4) is 0 Å². The first-order valence-corrected chi connectivity index (χ1v) is 8.86. The molecule has 0 radical (unpaired) electrons. The van der Waals surface area contributed by atoms with Crippen molar-refractivity contribution in [2.24, 2.45) is 0 Å². The number of rotatable bonds is 9. The third-order valence-electron chi connectivity index (χ3n) is 3.31. The highest BCUT2D eigenvalue weighted by atomic mass is 32.2. The van der Waals surface area contributed by atoms with E-state index in [0.717, 1.165) is 25.1 Å². The quantitative estimate of drug-likeness (QED) is 0.688. The van der Waals surface area contributed by atoms with Gasteiger partial charge >= 0.3 is 10.2 Å². The number of benzene rings is 1. The molecule has 0 atom stereocenters. The topological polar surface area (TPSA) is 61.4 Å². The van der Waals surface area contributed by atoms with Crippen LogP contribution < -0.4 is 10.0 Å². The Balaban J connectivity index is 2.72. The second-order valence-corrected chi connectivity index (χ2v) is 7.16. The molecule has 0 saturated carbocycles. The summed E-state index contributed by atoms with van der Waals surface area (Å²) in [5.41, 5.74) is 1.66. The van der Waals surface area contributed by atoms with Gasteiger partial charge in [-0.25, -0.2) is 0 Å². The Morgan fingerprint density at radius 2 is 1.90 bits per heavy atom. The fourth-order valence-electron chi connectivity index (χ4n) is 2.03. The molecule has 0 spiro atoms. The number of hydrogen-bond donors (Lipinski definition) is 2. The molecule has 2 N–H and O–H groups in total. The summed E-state index contributed by atoms with van der Waals surface area (Å²) >= 11 is 0. The van der Waals surface area contributed by atoms with E-state index in [0.29, 0.717) is 12.2 Å². The van der Waals surface area contributed by atoms with E-state index in [4.69, 9.17) is 0 Å². The van der Waals surface area contributed by atoms with Crippen LogP contribution in [0.15, 0.2) is 24.3 Å². The second-order valence-electron chi connectivity index (χ2n) is 5.38. The third-order valence-corrected chi connectivity index (χ3v) is 4.79. The Kier molecular flexibility index (Phi) is 7.14. The van der Waals surface area contributed by atoms with Crippen LogP contribution in [0.4, 0.5) is 5.69 Å². The van der Waals surface area contributed by atoms with Crippen LogP contribution in [0.5, 0.6) is 0 Å². The van der Waals surface area contributed by atoms with Crippen LogP contribution in [0.3, 0.4) is 0 Å². The van der Waals surface area contributed by atoms with Gasteiger partial charge in [-0.05, 0) is 37.1 Å². The zero-order valence-electron chi connectivity index (χ0n) is 13.4. The molecule has 0 unspecified atom stereocenters. The number of anilines is 1. The van der Waals surface area contributed by atoms with Gasteiger partial charge in [0.1, 0.15) is 0 Å². The summed E-state index contributed by atoms with van der Waals surface area (Å²) in [6.45, 7) is 8.34. The zero-order valence-corrected chi connectivity index (χ0v) is 14.2. The highest BCUT2D eigenvalue weighted by Crippen LogP contribution is 2.24. The van der Waals surface area contributed by atoms with Crippen LogP contribution in [0.25, 0.3) is 0 Å². The molecule has 21 heavy (non-hydrogen) atoms. The first kappa shape index (κ1) is 17.9. The van der Waals surface area contributed by atoms with E-state index in [1.807, 2.05) is 39.0 Å². The normalized spacial score (nSPS) is 12.1. The Morgan fingerprint density at radius 3 is 2.52 bits per heavy atom. The lowest BCUT2D eigenvalue weighted by Gasteiger charge is -2.20. The Hall–Kier alpha value is -1.11. The minimum atomic E-state index is -3.50. The van der Waals surface area contributed by atoms with Gasteiger partial charge in [-0.1, -0.05) is 39.0 Å². The van der Waals surface area contributed by atoms with E-state index in [2.05, 4.69) is 10.0 Å². The molecule has 5 nitrogen and oxygen atoms in total. The average Bonchev–Trinajstić information content (AvgIpc) is 2.43. The van der Waals surface area contributed by atoms with Gasteiger partial charge in [0.15, 0.2) is 0 Å². The minimum Gasteiger partial charge on any atom is -0.317 e. The van der Waals surface area contributed by atoms with Crippen LogP contribution >= 0.6 is 0 Å². The van der Waals surface area contributed by atoms with Gasteiger partial charge in [-0.3, -0.25) is 4.72 Å². The van der Waals surface area contributed by atoms with Crippen molar-refractivity contribution in [2.45, 2.75) is 33.1 Å². The van der Waals surface area contributed by atoms with Crippen LogP contribution in [0, 0.1) is 0 Å². The lowest BCUT2D eigenvalue weighted by atomic mass is 10.0. The molecule has 0 saturated heterocycles. The average molecular weight is 313 g/mol. The fourth-order valence-corrected chi connectivity index (χ4v) is 3.02. The van der Waals surface area contributed by atoms with Gasteiger partial charge in [0.05, 0.1) is 5.69 Å². The molecule has 1 aromatic rings. The smallest absolute Gasteiger partial charge is 0.301 e. The van der Waals surface area contributed by atoms with E-state index >= 15 is 0 Å². The molecule has 0 aliphatic heterocycles. The van der Waals surface area contributed by atoms with Crippen LogP contribution in [0.1, 0.15) is 38.7 Å². The van der Waals surface area contributed by atoms with Gasteiger partial charge in [0, 0.05) is 13.6 Å². The maximum atomic E-state index is 12.3. The van der Waals surface area contributed by atoms with E-state index in [-0.39, 0.29) is 5.92 Å². The molecule has 6 heteroatoms. The van der Waals surface area contributed by atoms with Crippen molar-refractivity contribution in [3.05, 3.63) is 29.8 Å². The van der Waals surface area contributed by atoms with Crippen molar-refractivity contribution in [3.63, 3.8) is 0 Å². The first-order chi connectivity index (χ1) is 9.88. The summed E-state index contributed by atoms with van der Waals surface area (Å²) in [6, 6.07) is 7.52. The third kappa shape index (κ3) is 5.65. The van der Waals surface area contributed by atoms with Gasteiger partial charge in [-0.2, -0.15) is 12.7 Å². The van der Waals surface area contributed by atoms with Crippen molar-refractivity contribution >= 4 is 15.9 Å². The van der Waals surface area contributed by atoms with Gasteiger partial charge in [-0.15, -0.1) is 0 Å². The predicted molar refractivity (Wildman–Crippen MR) is 88.9 cm³/mol. The standard InChI is InChI=1S/C15H27N3O2S/c1-5-16-11-8-12-18(4)21(19,20)17-15-10-7-6-9-14(15)13(2)3/h6-7,9-10,13,16-17H,5,8,11-12H2,1-4H3. The Morgan fingerprint density at radius 1 is 1.24 bits per heavy atom. The van der Waals surface area contributed by atoms with Gasteiger partial charge in [0.25, 0.3) is 0 Å². The summed E-state index contributed by atoms with van der Waals surface area (Å²) in [7, 11) is -1.90.